The molecule has 0 saturated heterocycles. The quantitative estimate of drug-likeness (QED) is 0.810. The number of aryl methyl sites for hydroxylation is 2. The summed E-state index contributed by atoms with van der Waals surface area (Å²) >= 11 is 0. The van der Waals surface area contributed by atoms with Crippen LogP contribution in [0.15, 0.2) is 24.3 Å². The van der Waals surface area contributed by atoms with E-state index in [0.29, 0.717) is 6.61 Å². The summed E-state index contributed by atoms with van der Waals surface area (Å²) in [6.07, 6.45) is -0.651. The Morgan fingerprint density at radius 1 is 1.22 bits per heavy atom. The first-order chi connectivity index (χ1) is 10.5. The van der Waals surface area contributed by atoms with Gasteiger partial charge in [0.25, 0.3) is 0 Å². The molecule has 2 rings (SSSR count). The molecule has 0 aliphatic rings. The van der Waals surface area contributed by atoms with Gasteiger partial charge in [-0.2, -0.15) is 0 Å². The minimum atomic E-state index is -1.87. The smallest absolute Gasteiger partial charge is 0.192 e. The van der Waals surface area contributed by atoms with Crippen molar-refractivity contribution >= 4 is 19.2 Å². The highest BCUT2D eigenvalue weighted by atomic mass is 28.4. The Morgan fingerprint density at radius 2 is 1.87 bits per heavy atom. The number of hydrogen-bond acceptors (Lipinski definition) is 3. The maximum Gasteiger partial charge on any atom is 0.192 e. The molecule has 1 unspecified atom stereocenters. The average Bonchev–Trinajstić information content (AvgIpc) is 2.44. The summed E-state index contributed by atoms with van der Waals surface area (Å²) in [6, 6.07) is 8.09. The second-order valence-electron chi connectivity index (χ2n) is 7.90. The van der Waals surface area contributed by atoms with Crippen LogP contribution in [0.3, 0.4) is 0 Å². The molecule has 2 aromatic rings. The van der Waals surface area contributed by atoms with E-state index in [0.717, 1.165) is 22.2 Å². The zero-order chi connectivity index (χ0) is 17.4. The molecule has 3 nitrogen and oxygen atoms in total. The van der Waals surface area contributed by atoms with E-state index in [1.165, 1.54) is 5.56 Å². The third-order valence-electron chi connectivity index (χ3n) is 5.09. The Labute approximate surface area is 140 Å². The number of aliphatic hydroxyl groups is 1. The number of aromatic nitrogens is 1. The molecule has 126 valence electrons. The number of pyridine rings is 1. The maximum atomic E-state index is 10.7. The molecule has 0 saturated carbocycles. The van der Waals surface area contributed by atoms with Gasteiger partial charge in [-0.1, -0.05) is 39.0 Å². The highest BCUT2D eigenvalue weighted by Gasteiger charge is 2.37. The fraction of sp³-hybridized carbons (Fsp3) is 0.526. The van der Waals surface area contributed by atoms with Crippen molar-refractivity contribution in [3.63, 3.8) is 0 Å². The van der Waals surface area contributed by atoms with Gasteiger partial charge in [-0.15, -0.1) is 0 Å². The summed E-state index contributed by atoms with van der Waals surface area (Å²) < 4.78 is 6.17. The van der Waals surface area contributed by atoms with Gasteiger partial charge in [-0.25, -0.2) is 0 Å². The number of benzene rings is 1. The van der Waals surface area contributed by atoms with Gasteiger partial charge in [0.2, 0.25) is 0 Å². The molecule has 1 N–H and O–H groups in total. The molecule has 0 aliphatic carbocycles. The molecule has 0 bridgehead atoms. The molecule has 4 heteroatoms. The van der Waals surface area contributed by atoms with Gasteiger partial charge >= 0.3 is 0 Å². The molecular formula is C19H29NO2Si. The molecule has 1 heterocycles. The molecule has 1 aromatic carbocycles. The van der Waals surface area contributed by atoms with Gasteiger partial charge in [-0.3, -0.25) is 4.98 Å². The Morgan fingerprint density at radius 3 is 2.48 bits per heavy atom. The van der Waals surface area contributed by atoms with Crippen molar-refractivity contribution in [3.8, 4) is 0 Å². The van der Waals surface area contributed by atoms with Crippen LogP contribution in [0.4, 0.5) is 0 Å². The van der Waals surface area contributed by atoms with Gasteiger partial charge in [0.05, 0.1) is 12.1 Å². The molecule has 1 aromatic heterocycles. The van der Waals surface area contributed by atoms with E-state index in [-0.39, 0.29) is 5.04 Å². The second kappa shape index (κ2) is 6.34. The van der Waals surface area contributed by atoms with Crippen LogP contribution in [0.1, 0.15) is 43.7 Å². The summed E-state index contributed by atoms with van der Waals surface area (Å²) in [6.45, 7) is 15.4. The third-order valence-corrected chi connectivity index (χ3v) is 9.59. The minimum absolute atomic E-state index is 0.136. The van der Waals surface area contributed by atoms with E-state index in [1.54, 1.807) is 0 Å². The monoisotopic (exact) mass is 331 g/mol. The number of fused-ring (bicyclic) bond motifs is 1. The first-order valence-corrected chi connectivity index (χ1v) is 11.1. The van der Waals surface area contributed by atoms with E-state index in [9.17, 15) is 5.11 Å². The average molecular weight is 332 g/mol. The predicted octanol–water partition coefficient (Wildman–Crippen LogP) is 4.91. The number of nitrogens with zero attached hydrogens (tertiary/aromatic N) is 1. The summed E-state index contributed by atoms with van der Waals surface area (Å²) in [7, 11) is -1.87. The highest BCUT2D eigenvalue weighted by molar-refractivity contribution is 6.74. The predicted molar refractivity (Wildman–Crippen MR) is 99.3 cm³/mol. The molecule has 0 radical (unpaired) electrons. The normalized spacial score (nSPS) is 14.3. The van der Waals surface area contributed by atoms with Crippen molar-refractivity contribution < 1.29 is 9.53 Å². The van der Waals surface area contributed by atoms with Crippen LogP contribution in [0, 0.1) is 13.8 Å². The maximum absolute atomic E-state index is 10.7. The fourth-order valence-electron chi connectivity index (χ4n) is 2.28. The van der Waals surface area contributed by atoms with Crippen LogP contribution in [-0.2, 0) is 4.43 Å². The first-order valence-electron chi connectivity index (χ1n) is 8.22. The lowest BCUT2D eigenvalue weighted by molar-refractivity contribution is 0.101. The van der Waals surface area contributed by atoms with Crippen LogP contribution >= 0.6 is 0 Å². The lowest BCUT2D eigenvalue weighted by Crippen LogP contribution is -2.41. The van der Waals surface area contributed by atoms with Gasteiger partial charge < -0.3 is 9.53 Å². The second-order valence-corrected chi connectivity index (χ2v) is 12.7. The topological polar surface area (TPSA) is 42.4 Å². The van der Waals surface area contributed by atoms with E-state index in [2.05, 4.69) is 51.8 Å². The Hall–Kier alpha value is -1.23. The van der Waals surface area contributed by atoms with Crippen LogP contribution in [-0.4, -0.2) is 25.0 Å². The summed E-state index contributed by atoms with van der Waals surface area (Å²) in [5.41, 5.74) is 3.90. The third kappa shape index (κ3) is 3.82. The largest absolute Gasteiger partial charge is 0.414 e. The van der Waals surface area contributed by atoms with Gasteiger partial charge in [0, 0.05) is 16.6 Å². The first kappa shape index (κ1) is 18.1. The van der Waals surface area contributed by atoms with Crippen LogP contribution < -0.4 is 0 Å². The molecule has 0 spiro atoms. The van der Waals surface area contributed by atoms with Gasteiger partial charge in [0.15, 0.2) is 8.32 Å². The zero-order valence-corrected chi connectivity index (χ0v) is 16.4. The number of aliphatic hydroxyl groups excluding tert-OH is 1. The molecular weight excluding hydrogens is 302 g/mol. The van der Waals surface area contributed by atoms with Crippen molar-refractivity contribution in [2.75, 3.05) is 6.61 Å². The summed E-state index contributed by atoms with van der Waals surface area (Å²) in [5, 5.41) is 11.9. The van der Waals surface area contributed by atoms with E-state index >= 15 is 0 Å². The lowest BCUT2D eigenvalue weighted by Gasteiger charge is -2.36. The number of rotatable bonds is 4. The summed E-state index contributed by atoms with van der Waals surface area (Å²) in [4.78, 5) is 4.69. The molecule has 23 heavy (non-hydrogen) atoms. The van der Waals surface area contributed by atoms with Crippen LogP contribution in [0.2, 0.25) is 18.1 Å². The molecule has 1 atom stereocenters. The van der Waals surface area contributed by atoms with Crippen molar-refractivity contribution in [3.05, 3.63) is 41.1 Å². The van der Waals surface area contributed by atoms with Crippen LogP contribution in [0.25, 0.3) is 10.9 Å². The van der Waals surface area contributed by atoms with Crippen LogP contribution in [0.5, 0.6) is 0 Å². The van der Waals surface area contributed by atoms with Gasteiger partial charge in [0.1, 0.15) is 6.10 Å². The van der Waals surface area contributed by atoms with Gasteiger partial charge in [-0.05, 0) is 43.6 Å². The molecule has 0 aliphatic heterocycles. The van der Waals surface area contributed by atoms with E-state index in [4.69, 9.17) is 4.43 Å². The van der Waals surface area contributed by atoms with Crippen molar-refractivity contribution in [2.24, 2.45) is 0 Å². The Bertz CT molecular complexity index is 704. The minimum Gasteiger partial charge on any atom is -0.414 e. The van der Waals surface area contributed by atoms with E-state index < -0.39 is 14.4 Å². The summed E-state index contributed by atoms with van der Waals surface area (Å²) in [5.74, 6) is 0. The van der Waals surface area contributed by atoms with Crippen molar-refractivity contribution in [2.45, 2.75) is 58.9 Å². The number of para-hydroxylation sites is 1. The SMILES string of the molecule is Cc1cc2cccc(C(O)CO[Si](C)(C)C(C)(C)C)c2nc1C. The molecule has 0 fully saturated rings. The Kier molecular flexibility index (Phi) is 4.99. The lowest BCUT2D eigenvalue weighted by atomic mass is 10.0. The van der Waals surface area contributed by atoms with Crippen molar-refractivity contribution in [1.29, 1.82) is 0 Å². The fourth-order valence-corrected chi connectivity index (χ4v) is 3.29. The highest BCUT2D eigenvalue weighted by Crippen LogP contribution is 2.37. The number of hydrogen-bond donors (Lipinski definition) is 1. The van der Waals surface area contributed by atoms with E-state index in [1.807, 2.05) is 25.1 Å². The Balaban J connectivity index is 2.28. The molecule has 0 amide bonds. The zero-order valence-electron chi connectivity index (χ0n) is 15.4. The standard InChI is InChI=1S/C19H29NO2Si/c1-13-11-15-9-8-10-16(18(15)20-14(13)2)17(21)12-22-23(6,7)19(3,4)5/h8-11,17,21H,12H2,1-7H3. The van der Waals surface area contributed by atoms with Crippen molar-refractivity contribution in [1.82, 2.24) is 4.98 Å².